The van der Waals surface area contributed by atoms with Crippen LogP contribution in [0.2, 0.25) is 0 Å². The molecule has 2 rings (SSSR count). The van der Waals surface area contributed by atoms with Crippen LogP contribution in [0.3, 0.4) is 0 Å². The molecule has 1 atom stereocenters. The minimum absolute atomic E-state index is 0.189. The third kappa shape index (κ3) is 4.85. The van der Waals surface area contributed by atoms with Crippen molar-refractivity contribution in [3.05, 3.63) is 60.2 Å². The smallest absolute Gasteiger partial charge is 0.339 e. The van der Waals surface area contributed by atoms with Gasteiger partial charge in [-0.1, -0.05) is 37.3 Å². The Morgan fingerprint density at radius 2 is 1.67 bits per heavy atom. The van der Waals surface area contributed by atoms with Gasteiger partial charge in [0.2, 0.25) is 15.9 Å². The van der Waals surface area contributed by atoms with Crippen molar-refractivity contribution in [3.8, 4) is 0 Å². The van der Waals surface area contributed by atoms with Gasteiger partial charge in [-0.15, -0.1) is 0 Å². The minimum Gasteiger partial charge on any atom is -0.465 e. The van der Waals surface area contributed by atoms with Gasteiger partial charge in [-0.05, 0) is 30.7 Å². The number of para-hydroxylation sites is 2. The first-order valence-electron chi connectivity index (χ1n) is 8.32. The summed E-state index contributed by atoms with van der Waals surface area (Å²) in [5.74, 6) is -1.13. The molecule has 2 aromatic rings. The van der Waals surface area contributed by atoms with Gasteiger partial charge in [-0.2, -0.15) is 0 Å². The van der Waals surface area contributed by atoms with Crippen LogP contribution < -0.4 is 9.62 Å². The van der Waals surface area contributed by atoms with E-state index >= 15 is 0 Å². The molecule has 0 saturated carbocycles. The number of methoxy groups -OCH3 is 1. The number of hydrogen-bond acceptors (Lipinski definition) is 5. The van der Waals surface area contributed by atoms with E-state index in [0.717, 1.165) is 10.6 Å². The molecule has 0 saturated heterocycles. The maximum atomic E-state index is 12.9. The van der Waals surface area contributed by atoms with Crippen LogP contribution in [0.4, 0.5) is 11.4 Å². The molecule has 0 spiro atoms. The molecule has 0 bridgehead atoms. The van der Waals surface area contributed by atoms with Crippen LogP contribution >= 0.6 is 0 Å². The Labute approximate surface area is 159 Å². The standard InChI is InChI=1S/C19H22N2O5S/c1-4-17(21(27(3,24)25)14-10-6-5-7-11-14)18(22)20-16-13-9-8-12-15(16)19(23)26-2/h5-13,17H,4H2,1-3H3,(H,20,22)/t17-/m0/s1. The van der Waals surface area contributed by atoms with E-state index in [9.17, 15) is 18.0 Å². The van der Waals surface area contributed by atoms with Crippen LogP contribution in [-0.2, 0) is 19.6 Å². The van der Waals surface area contributed by atoms with E-state index in [1.165, 1.54) is 13.2 Å². The van der Waals surface area contributed by atoms with Crippen molar-refractivity contribution < 1.29 is 22.7 Å². The molecule has 2 aromatic carbocycles. The fourth-order valence-electron chi connectivity index (χ4n) is 2.73. The molecular formula is C19H22N2O5S. The van der Waals surface area contributed by atoms with Gasteiger partial charge in [0.15, 0.2) is 0 Å². The predicted molar refractivity (Wildman–Crippen MR) is 104 cm³/mol. The largest absolute Gasteiger partial charge is 0.465 e. The number of benzene rings is 2. The maximum Gasteiger partial charge on any atom is 0.339 e. The highest BCUT2D eigenvalue weighted by molar-refractivity contribution is 7.92. The molecule has 0 radical (unpaired) electrons. The number of hydrogen-bond donors (Lipinski definition) is 1. The summed E-state index contributed by atoms with van der Waals surface area (Å²) in [4.78, 5) is 24.8. The van der Waals surface area contributed by atoms with Gasteiger partial charge < -0.3 is 10.1 Å². The van der Waals surface area contributed by atoms with E-state index < -0.39 is 27.9 Å². The fraction of sp³-hybridized carbons (Fsp3) is 0.263. The highest BCUT2D eigenvalue weighted by Gasteiger charge is 2.32. The Kier molecular flexibility index (Phi) is 6.57. The normalized spacial score (nSPS) is 12.1. The van der Waals surface area contributed by atoms with Crippen LogP contribution in [0.5, 0.6) is 0 Å². The van der Waals surface area contributed by atoms with Crippen molar-refractivity contribution in [2.24, 2.45) is 0 Å². The quantitative estimate of drug-likeness (QED) is 0.734. The lowest BCUT2D eigenvalue weighted by atomic mass is 10.1. The Balaban J connectivity index is 2.39. The molecule has 0 fully saturated rings. The van der Waals surface area contributed by atoms with E-state index in [4.69, 9.17) is 4.74 Å². The van der Waals surface area contributed by atoms with E-state index in [2.05, 4.69) is 5.32 Å². The van der Waals surface area contributed by atoms with Gasteiger partial charge in [-0.25, -0.2) is 13.2 Å². The number of sulfonamides is 1. The number of nitrogens with one attached hydrogen (secondary N) is 1. The molecule has 27 heavy (non-hydrogen) atoms. The summed E-state index contributed by atoms with van der Waals surface area (Å²) in [6.07, 6.45) is 1.30. The lowest BCUT2D eigenvalue weighted by Gasteiger charge is -2.30. The zero-order valence-corrected chi connectivity index (χ0v) is 16.2. The second-order valence-corrected chi connectivity index (χ2v) is 7.70. The highest BCUT2D eigenvalue weighted by atomic mass is 32.2. The van der Waals surface area contributed by atoms with Crippen LogP contribution in [0, 0.1) is 0 Å². The second kappa shape index (κ2) is 8.68. The molecule has 0 aliphatic carbocycles. The molecule has 0 unspecified atom stereocenters. The number of amides is 1. The Morgan fingerprint density at radius 3 is 2.22 bits per heavy atom. The van der Waals surface area contributed by atoms with Crippen LogP contribution in [-0.4, -0.2) is 39.7 Å². The van der Waals surface area contributed by atoms with Crippen molar-refractivity contribution in [3.63, 3.8) is 0 Å². The summed E-state index contributed by atoms with van der Waals surface area (Å²) < 4.78 is 30.6. The van der Waals surface area contributed by atoms with Gasteiger partial charge in [-0.3, -0.25) is 9.10 Å². The van der Waals surface area contributed by atoms with Crippen LogP contribution in [0.1, 0.15) is 23.7 Å². The first-order chi connectivity index (χ1) is 12.8. The SMILES string of the molecule is CC[C@@H](C(=O)Nc1ccccc1C(=O)OC)N(c1ccccc1)S(C)(=O)=O. The summed E-state index contributed by atoms with van der Waals surface area (Å²) in [5, 5.41) is 2.65. The van der Waals surface area contributed by atoms with Crippen molar-refractivity contribution in [1.82, 2.24) is 0 Å². The number of esters is 1. The number of nitrogens with zero attached hydrogens (tertiary/aromatic N) is 1. The third-order valence-electron chi connectivity index (χ3n) is 3.93. The first-order valence-corrected chi connectivity index (χ1v) is 10.2. The fourth-order valence-corrected chi connectivity index (χ4v) is 3.94. The second-order valence-electron chi connectivity index (χ2n) is 5.84. The van der Waals surface area contributed by atoms with E-state index in [1.54, 1.807) is 55.5 Å². The van der Waals surface area contributed by atoms with Crippen molar-refractivity contribution >= 4 is 33.3 Å². The predicted octanol–water partition coefficient (Wildman–Crippen LogP) is 2.66. The van der Waals surface area contributed by atoms with Crippen molar-refractivity contribution in [2.75, 3.05) is 23.0 Å². The Bertz CT molecular complexity index is 913. The molecule has 0 heterocycles. The van der Waals surface area contributed by atoms with E-state index in [0.29, 0.717) is 5.69 Å². The molecule has 1 amide bonds. The molecule has 1 N–H and O–H groups in total. The van der Waals surface area contributed by atoms with Gasteiger partial charge in [0.1, 0.15) is 6.04 Å². The number of carbonyl (C=O) groups excluding carboxylic acids is 2. The third-order valence-corrected chi connectivity index (χ3v) is 5.11. The van der Waals surface area contributed by atoms with Crippen molar-refractivity contribution in [1.29, 1.82) is 0 Å². The topological polar surface area (TPSA) is 92.8 Å². The molecule has 8 heteroatoms. The zero-order valence-electron chi connectivity index (χ0n) is 15.4. The lowest BCUT2D eigenvalue weighted by molar-refractivity contribution is -0.117. The Morgan fingerprint density at radius 1 is 1.07 bits per heavy atom. The van der Waals surface area contributed by atoms with Gasteiger partial charge in [0.25, 0.3) is 0 Å². The first kappa shape index (κ1) is 20.4. The lowest BCUT2D eigenvalue weighted by Crippen LogP contribution is -2.47. The maximum absolute atomic E-state index is 12.9. The van der Waals surface area contributed by atoms with Crippen LogP contribution in [0.15, 0.2) is 54.6 Å². The summed E-state index contributed by atoms with van der Waals surface area (Å²) in [5.41, 5.74) is 0.839. The number of anilines is 2. The van der Waals surface area contributed by atoms with Gasteiger partial charge >= 0.3 is 5.97 Å². The number of ether oxygens (including phenoxy) is 1. The molecule has 0 aliphatic rings. The Hall–Kier alpha value is -2.87. The summed E-state index contributed by atoms with van der Waals surface area (Å²) in [6, 6.07) is 13.8. The van der Waals surface area contributed by atoms with E-state index in [-0.39, 0.29) is 17.7 Å². The average Bonchev–Trinajstić information content (AvgIpc) is 2.65. The monoisotopic (exact) mass is 390 g/mol. The van der Waals surface area contributed by atoms with Crippen molar-refractivity contribution in [2.45, 2.75) is 19.4 Å². The highest BCUT2D eigenvalue weighted by Crippen LogP contribution is 2.24. The van der Waals surface area contributed by atoms with Gasteiger partial charge in [0.05, 0.1) is 30.3 Å². The van der Waals surface area contributed by atoms with E-state index in [1.807, 2.05) is 0 Å². The van der Waals surface area contributed by atoms with Crippen LogP contribution in [0.25, 0.3) is 0 Å². The minimum atomic E-state index is -3.72. The molecule has 0 aliphatic heterocycles. The number of rotatable bonds is 7. The summed E-state index contributed by atoms with van der Waals surface area (Å²) in [6.45, 7) is 1.72. The average molecular weight is 390 g/mol. The summed E-state index contributed by atoms with van der Waals surface area (Å²) >= 11 is 0. The summed E-state index contributed by atoms with van der Waals surface area (Å²) in [7, 11) is -2.47. The molecule has 7 nitrogen and oxygen atoms in total. The molecular weight excluding hydrogens is 368 g/mol. The number of carbonyl (C=O) groups is 2. The van der Waals surface area contributed by atoms with Gasteiger partial charge in [0, 0.05) is 0 Å². The molecule has 0 aromatic heterocycles. The zero-order chi connectivity index (χ0) is 20.0. The molecule has 144 valence electrons.